The molecule has 1 atom stereocenters. The number of carboxylic acid groups (broad SMARTS) is 1. The minimum Gasteiger partial charge on any atom is -0.481 e. The summed E-state index contributed by atoms with van der Waals surface area (Å²) in [5.41, 5.74) is 4.45. The predicted octanol–water partition coefficient (Wildman–Crippen LogP) is 2.55. The molecule has 1 aromatic carbocycles. The molecule has 0 spiro atoms. The summed E-state index contributed by atoms with van der Waals surface area (Å²) in [5.74, 6) is -1.76. The molecule has 0 unspecified atom stereocenters. The van der Waals surface area contributed by atoms with E-state index in [0.717, 1.165) is 0 Å². The number of rotatable bonds is 8. The van der Waals surface area contributed by atoms with Crippen molar-refractivity contribution in [2.45, 2.75) is 38.7 Å². The lowest BCUT2D eigenvalue weighted by molar-refractivity contribution is -0.137. The summed E-state index contributed by atoms with van der Waals surface area (Å²) in [6, 6.07) is 4.63. The molecule has 0 aliphatic carbocycles. The number of carboxylic acids is 1. The number of hydrogen-bond acceptors (Lipinski definition) is 4. The Morgan fingerprint density at radius 3 is 2.54 bits per heavy atom. The number of aliphatic carboxylic acids is 1. The lowest BCUT2D eigenvalue weighted by atomic mass is 10.2. The van der Waals surface area contributed by atoms with Gasteiger partial charge in [-0.3, -0.25) is 25.2 Å². The van der Waals surface area contributed by atoms with Crippen LogP contribution >= 0.6 is 23.2 Å². The average molecular weight is 377 g/mol. The largest absolute Gasteiger partial charge is 0.481 e. The molecular formula is C15H18Cl2N2O5. The lowest BCUT2D eigenvalue weighted by Gasteiger charge is -2.18. The highest BCUT2D eigenvalue weighted by Gasteiger charge is 2.20. The van der Waals surface area contributed by atoms with Crippen molar-refractivity contribution in [2.24, 2.45) is 0 Å². The monoisotopic (exact) mass is 376 g/mol. The van der Waals surface area contributed by atoms with Crippen LogP contribution in [0.2, 0.25) is 10.0 Å². The summed E-state index contributed by atoms with van der Waals surface area (Å²) in [6.45, 7) is 1.73. The van der Waals surface area contributed by atoms with Crippen molar-refractivity contribution >= 4 is 41.0 Å². The topological polar surface area (TPSA) is 105 Å². The second-order valence-corrected chi connectivity index (χ2v) is 5.72. The summed E-state index contributed by atoms with van der Waals surface area (Å²) in [6.07, 6.45) is -0.480. The standard InChI is InChI=1S/C15H18Cl2N2O5/c1-2-11(24-12-8-9(16)6-7-10(12)17)15(23)19-18-13(20)4-3-5-14(21)22/h6-8,11H,2-5H2,1H3,(H,18,20)(H,19,23)(H,21,22)/t11-/m0/s1. The Morgan fingerprint density at radius 2 is 1.92 bits per heavy atom. The first kappa shape index (κ1) is 20.1. The van der Waals surface area contributed by atoms with E-state index in [1.54, 1.807) is 19.1 Å². The van der Waals surface area contributed by atoms with Crippen LogP contribution in [0.3, 0.4) is 0 Å². The molecule has 1 rings (SSSR count). The number of halogens is 2. The summed E-state index contributed by atoms with van der Waals surface area (Å²) < 4.78 is 5.52. The first-order valence-corrected chi connectivity index (χ1v) is 8.01. The summed E-state index contributed by atoms with van der Waals surface area (Å²) >= 11 is 11.8. The van der Waals surface area contributed by atoms with Gasteiger partial charge in [0.15, 0.2) is 6.10 Å². The van der Waals surface area contributed by atoms with E-state index in [1.807, 2.05) is 0 Å². The molecule has 1 aromatic rings. The maximum atomic E-state index is 12.0. The van der Waals surface area contributed by atoms with Crippen molar-refractivity contribution in [1.29, 1.82) is 0 Å². The fraction of sp³-hybridized carbons (Fsp3) is 0.400. The maximum Gasteiger partial charge on any atom is 0.303 e. The number of hydrogen-bond donors (Lipinski definition) is 3. The van der Waals surface area contributed by atoms with E-state index < -0.39 is 23.9 Å². The van der Waals surface area contributed by atoms with Gasteiger partial charge in [-0.1, -0.05) is 30.1 Å². The van der Waals surface area contributed by atoms with Crippen molar-refractivity contribution in [3.05, 3.63) is 28.2 Å². The Balaban J connectivity index is 2.50. The number of carbonyl (C=O) groups excluding carboxylic acids is 2. The van der Waals surface area contributed by atoms with Crippen LogP contribution in [0.4, 0.5) is 0 Å². The highest BCUT2D eigenvalue weighted by Crippen LogP contribution is 2.28. The molecule has 24 heavy (non-hydrogen) atoms. The number of ether oxygens (including phenoxy) is 1. The maximum absolute atomic E-state index is 12.0. The van der Waals surface area contributed by atoms with Crippen LogP contribution in [0.5, 0.6) is 5.75 Å². The summed E-state index contributed by atoms with van der Waals surface area (Å²) in [5, 5.41) is 9.22. The van der Waals surface area contributed by atoms with E-state index in [0.29, 0.717) is 16.5 Å². The fourth-order valence-electron chi connectivity index (χ4n) is 1.72. The number of hydrazine groups is 1. The number of nitrogens with one attached hydrogen (secondary N) is 2. The Morgan fingerprint density at radius 1 is 1.21 bits per heavy atom. The van der Waals surface area contributed by atoms with Crippen molar-refractivity contribution in [2.75, 3.05) is 0 Å². The Kier molecular flexibility index (Phi) is 8.35. The predicted molar refractivity (Wildman–Crippen MR) is 88.9 cm³/mol. The quantitative estimate of drug-likeness (QED) is 0.604. The van der Waals surface area contributed by atoms with Crippen LogP contribution in [-0.4, -0.2) is 29.0 Å². The van der Waals surface area contributed by atoms with Crippen LogP contribution < -0.4 is 15.6 Å². The molecule has 132 valence electrons. The first-order chi connectivity index (χ1) is 11.3. The van der Waals surface area contributed by atoms with Crippen molar-refractivity contribution in [3.8, 4) is 5.75 Å². The Labute approximate surface area is 149 Å². The molecule has 7 nitrogen and oxygen atoms in total. The number of benzene rings is 1. The van der Waals surface area contributed by atoms with Gasteiger partial charge in [0.1, 0.15) is 5.75 Å². The molecule has 9 heteroatoms. The van der Waals surface area contributed by atoms with Crippen LogP contribution in [0.15, 0.2) is 18.2 Å². The van der Waals surface area contributed by atoms with Gasteiger partial charge in [-0.15, -0.1) is 0 Å². The zero-order valence-corrected chi connectivity index (χ0v) is 14.5. The lowest BCUT2D eigenvalue weighted by Crippen LogP contribution is -2.47. The molecule has 0 aliphatic rings. The number of amides is 2. The van der Waals surface area contributed by atoms with E-state index >= 15 is 0 Å². The normalized spacial score (nSPS) is 11.5. The molecule has 0 aromatic heterocycles. The van der Waals surface area contributed by atoms with Crippen LogP contribution in [-0.2, 0) is 14.4 Å². The van der Waals surface area contributed by atoms with Gasteiger partial charge in [-0.05, 0) is 25.0 Å². The zero-order valence-electron chi connectivity index (χ0n) is 13.0. The van der Waals surface area contributed by atoms with E-state index in [9.17, 15) is 14.4 Å². The van der Waals surface area contributed by atoms with Crippen LogP contribution in [0.1, 0.15) is 32.6 Å². The average Bonchev–Trinajstić information content (AvgIpc) is 2.53. The third-order valence-electron chi connectivity index (χ3n) is 2.95. The van der Waals surface area contributed by atoms with Crippen LogP contribution in [0, 0.1) is 0 Å². The van der Waals surface area contributed by atoms with E-state index in [4.69, 9.17) is 33.0 Å². The minimum atomic E-state index is -0.982. The molecule has 0 heterocycles. The van der Waals surface area contributed by atoms with Gasteiger partial charge in [0.25, 0.3) is 5.91 Å². The highest BCUT2D eigenvalue weighted by molar-refractivity contribution is 6.34. The molecular weight excluding hydrogens is 359 g/mol. The Bertz CT molecular complexity index is 610. The van der Waals surface area contributed by atoms with Gasteiger partial charge in [0.2, 0.25) is 5.91 Å². The molecule has 0 radical (unpaired) electrons. The van der Waals surface area contributed by atoms with Crippen molar-refractivity contribution in [3.63, 3.8) is 0 Å². The fourth-order valence-corrected chi connectivity index (χ4v) is 2.04. The molecule has 2 amide bonds. The van der Waals surface area contributed by atoms with E-state index in [1.165, 1.54) is 6.07 Å². The SMILES string of the molecule is CC[C@H](Oc1cc(Cl)ccc1Cl)C(=O)NNC(=O)CCCC(=O)O. The molecule has 3 N–H and O–H groups in total. The molecule has 0 aliphatic heterocycles. The van der Waals surface area contributed by atoms with E-state index in [2.05, 4.69) is 10.9 Å². The molecule has 0 saturated carbocycles. The zero-order chi connectivity index (χ0) is 18.1. The summed E-state index contributed by atoms with van der Waals surface area (Å²) in [7, 11) is 0. The van der Waals surface area contributed by atoms with Crippen molar-refractivity contribution < 1.29 is 24.2 Å². The minimum absolute atomic E-state index is 0.00957. The van der Waals surface area contributed by atoms with Gasteiger partial charge in [-0.25, -0.2) is 0 Å². The second kappa shape index (κ2) is 10.00. The molecule has 0 bridgehead atoms. The Hall–Kier alpha value is -1.99. The third-order valence-corrected chi connectivity index (χ3v) is 3.49. The number of carbonyl (C=O) groups is 3. The summed E-state index contributed by atoms with van der Waals surface area (Å²) in [4.78, 5) is 33.9. The van der Waals surface area contributed by atoms with Gasteiger partial charge >= 0.3 is 5.97 Å². The van der Waals surface area contributed by atoms with Crippen molar-refractivity contribution in [1.82, 2.24) is 10.9 Å². The molecule has 0 fully saturated rings. The third kappa shape index (κ3) is 7.06. The molecule has 0 saturated heterocycles. The van der Waals surface area contributed by atoms with Gasteiger partial charge < -0.3 is 9.84 Å². The van der Waals surface area contributed by atoms with Gasteiger partial charge in [-0.2, -0.15) is 0 Å². The van der Waals surface area contributed by atoms with Gasteiger partial charge in [0.05, 0.1) is 5.02 Å². The van der Waals surface area contributed by atoms with E-state index in [-0.39, 0.29) is 25.0 Å². The van der Waals surface area contributed by atoms with Crippen LogP contribution in [0.25, 0.3) is 0 Å². The first-order valence-electron chi connectivity index (χ1n) is 7.25. The smallest absolute Gasteiger partial charge is 0.303 e. The second-order valence-electron chi connectivity index (χ2n) is 4.87. The highest BCUT2D eigenvalue weighted by atomic mass is 35.5. The van der Waals surface area contributed by atoms with Gasteiger partial charge in [0, 0.05) is 23.9 Å².